The monoisotopic (exact) mass is 550 g/mol. The highest BCUT2D eigenvalue weighted by Crippen LogP contribution is 2.44. The van der Waals surface area contributed by atoms with Gasteiger partial charge in [-0.25, -0.2) is 4.39 Å². The highest BCUT2D eigenvalue weighted by atomic mass is 19.1. The molecule has 0 saturated carbocycles. The molecule has 3 aliphatic rings. The summed E-state index contributed by atoms with van der Waals surface area (Å²) in [4.78, 5) is 23.1. The number of nitrogens with one attached hydrogen (secondary N) is 2. The van der Waals surface area contributed by atoms with Crippen molar-refractivity contribution >= 4 is 29.5 Å². The first-order chi connectivity index (χ1) is 19.4. The average molecular weight is 551 g/mol. The zero-order valence-electron chi connectivity index (χ0n) is 23.3. The Morgan fingerprint density at radius 3 is 2.55 bits per heavy atom. The molecule has 2 atom stereocenters. The molecule has 2 heterocycles. The van der Waals surface area contributed by atoms with Crippen molar-refractivity contribution in [3.05, 3.63) is 58.4 Å². The molecular formula is C30H35FN4O5. The Kier molecular flexibility index (Phi) is 8.37. The molecule has 1 fully saturated rings. The normalized spacial score (nSPS) is 21.4. The summed E-state index contributed by atoms with van der Waals surface area (Å²) in [7, 11) is 3.18. The maximum absolute atomic E-state index is 14.4. The summed E-state index contributed by atoms with van der Waals surface area (Å²) in [6, 6.07) is 8.54. The van der Waals surface area contributed by atoms with E-state index >= 15 is 0 Å². The van der Waals surface area contributed by atoms with Gasteiger partial charge in [0.05, 0.1) is 59.3 Å². The molecule has 0 bridgehead atoms. The maximum Gasteiger partial charge on any atom is 0.230 e. The van der Waals surface area contributed by atoms with Crippen molar-refractivity contribution in [2.24, 2.45) is 4.99 Å². The van der Waals surface area contributed by atoms with Crippen LogP contribution in [0.1, 0.15) is 37.0 Å². The van der Waals surface area contributed by atoms with Crippen molar-refractivity contribution in [3.63, 3.8) is 0 Å². The van der Waals surface area contributed by atoms with Gasteiger partial charge in [-0.15, -0.1) is 5.06 Å². The second kappa shape index (κ2) is 12.1. The number of carbonyl (C=O) groups is 1. The van der Waals surface area contributed by atoms with Crippen LogP contribution >= 0.6 is 0 Å². The zero-order chi connectivity index (χ0) is 28.2. The smallest absolute Gasteiger partial charge is 0.230 e. The van der Waals surface area contributed by atoms with E-state index in [-0.39, 0.29) is 36.8 Å². The Bertz CT molecular complexity index is 1340. The number of benzene rings is 2. The molecular weight excluding hydrogens is 515 g/mol. The van der Waals surface area contributed by atoms with Gasteiger partial charge in [-0.1, -0.05) is 6.07 Å². The summed E-state index contributed by atoms with van der Waals surface area (Å²) in [6.45, 7) is 6.73. The summed E-state index contributed by atoms with van der Waals surface area (Å²) < 4.78 is 31.1. The molecule has 1 saturated heterocycles. The van der Waals surface area contributed by atoms with Crippen LogP contribution in [0.2, 0.25) is 0 Å². The van der Waals surface area contributed by atoms with Crippen LogP contribution in [0.25, 0.3) is 17.2 Å². The van der Waals surface area contributed by atoms with Crippen LogP contribution in [0.5, 0.6) is 17.2 Å². The number of aliphatic imine (C=N–C) groups is 1. The number of hydroxylamine groups is 2. The number of methoxy groups -OCH3 is 2. The largest absolute Gasteiger partial charge is 0.493 e. The van der Waals surface area contributed by atoms with E-state index in [9.17, 15) is 9.18 Å². The molecule has 212 valence electrons. The zero-order valence-corrected chi connectivity index (χ0v) is 23.3. The third kappa shape index (κ3) is 5.83. The molecule has 9 nitrogen and oxygen atoms in total. The van der Waals surface area contributed by atoms with Crippen LogP contribution in [0.15, 0.2) is 40.9 Å². The number of ether oxygens (including phenoxy) is 3. The fraction of sp³-hybridized carbons (Fsp3) is 0.400. The first kappa shape index (κ1) is 27.7. The van der Waals surface area contributed by atoms with Gasteiger partial charge in [-0.3, -0.25) is 9.79 Å². The van der Waals surface area contributed by atoms with Gasteiger partial charge in [0.1, 0.15) is 5.82 Å². The van der Waals surface area contributed by atoms with E-state index < -0.39 is 0 Å². The third-order valence-electron chi connectivity index (χ3n) is 7.48. The van der Waals surface area contributed by atoms with Crippen LogP contribution in [-0.4, -0.2) is 76.5 Å². The number of allylic oxidation sites excluding steroid dienone is 2. The van der Waals surface area contributed by atoms with Crippen LogP contribution in [0.4, 0.5) is 4.39 Å². The van der Waals surface area contributed by atoms with E-state index in [4.69, 9.17) is 19.0 Å². The van der Waals surface area contributed by atoms with E-state index in [1.54, 1.807) is 26.6 Å². The summed E-state index contributed by atoms with van der Waals surface area (Å²) in [5.74, 6) is 1.13. The Morgan fingerprint density at radius 1 is 1.18 bits per heavy atom. The van der Waals surface area contributed by atoms with Gasteiger partial charge in [0.2, 0.25) is 11.7 Å². The van der Waals surface area contributed by atoms with Crippen molar-refractivity contribution in [2.75, 3.05) is 47.1 Å². The molecule has 0 aromatic heterocycles. The molecule has 2 unspecified atom stereocenters. The van der Waals surface area contributed by atoms with Crippen LogP contribution in [-0.2, 0) is 9.53 Å². The first-order valence-electron chi connectivity index (χ1n) is 13.4. The van der Waals surface area contributed by atoms with Crippen molar-refractivity contribution in [1.29, 1.82) is 0 Å². The van der Waals surface area contributed by atoms with Crippen LogP contribution < -0.4 is 24.9 Å². The van der Waals surface area contributed by atoms with E-state index in [2.05, 4.69) is 15.6 Å². The van der Waals surface area contributed by atoms with Crippen LogP contribution in [0, 0.1) is 5.82 Å². The van der Waals surface area contributed by atoms with E-state index in [0.29, 0.717) is 43.6 Å². The number of carbonyl (C=O) groups excluding carboxylic acids is 1. The molecule has 2 N–H and O–H groups in total. The second-order valence-corrected chi connectivity index (χ2v) is 10.0. The number of nitrogens with zero attached hydrogens (tertiary/aromatic N) is 2. The standard InChI is InChI=1S/C30H35FN4O5/c1-18-23(11-20-12-27(37-3)30(28(13-20)38-4)40-35-7-9-39-10-8-35)22-6-5-21(31)14-24(22)25(18)16-32-29(36)15-26-19(2)33-17-34-26/h5-6,11-14,17,19,26H,7-10,15-16H2,1-4H3,(H,32,36)(H,33,34)/b23-11-. The van der Waals surface area contributed by atoms with Crippen molar-refractivity contribution < 1.29 is 28.2 Å². The number of hydrogen-bond donors (Lipinski definition) is 2. The summed E-state index contributed by atoms with van der Waals surface area (Å²) in [5.41, 5.74) is 5.27. The third-order valence-corrected chi connectivity index (χ3v) is 7.48. The van der Waals surface area contributed by atoms with Crippen LogP contribution in [0.3, 0.4) is 0 Å². The van der Waals surface area contributed by atoms with E-state index in [0.717, 1.165) is 33.4 Å². The number of hydrogen-bond acceptors (Lipinski definition) is 8. The topological polar surface area (TPSA) is 93.7 Å². The van der Waals surface area contributed by atoms with E-state index in [1.807, 2.05) is 37.1 Å². The fourth-order valence-electron chi connectivity index (χ4n) is 5.16. The number of halogens is 1. The van der Waals surface area contributed by atoms with Gasteiger partial charge in [-0.2, -0.15) is 0 Å². The van der Waals surface area contributed by atoms with Gasteiger partial charge in [0, 0.05) is 12.6 Å². The predicted molar refractivity (Wildman–Crippen MR) is 152 cm³/mol. The Hall–Kier alpha value is -3.89. The molecule has 1 amide bonds. The average Bonchev–Trinajstić information content (AvgIpc) is 3.47. The van der Waals surface area contributed by atoms with Crippen molar-refractivity contribution in [3.8, 4) is 17.2 Å². The molecule has 1 aliphatic carbocycles. The summed E-state index contributed by atoms with van der Waals surface area (Å²) in [6.07, 6.45) is 3.95. The van der Waals surface area contributed by atoms with Gasteiger partial charge in [-0.05, 0) is 77.6 Å². The minimum absolute atomic E-state index is 0.0981. The molecule has 2 aliphatic heterocycles. The van der Waals surface area contributed by atoms with E-state index in [1.165, 1.54) is 12.1 Å². The lowest BCUT2D eigenvalue weighted by Crippen LogP contribution is -2.38. The lowest BCUT2D eigenvalue weighted by atomic mass is 10.00. The summed E-state index contributed by atoms with van der Waals surface area (Å²) in [5, 5.41) is 7.94. The Balaban J connectivity index is 1.43. The van der Waals surface area contributed by atoms with Gasteiger partial charge in [0.25, 0.3) is 0 Å². The second-order valence-electron chi connectivity index (χ2n) is 10.0. The molecule has 2 aromatic rings. The number of morpholine rings is 1. The minimum atomic E-state index is -0.329. The Labute approximate surface area is 233 Å². The molecule has 0 radical (unpaired) electrons. The van der Waals surface area contributed by atoms with Crippen molar-refractivity contribution in [2.45, 2.75) is 32.4 Å². The Morgan fingerprint density at radius 2 is 1.90 bits per heavy atom. The van der Waals surface area contributed by atoms with Crippen molar-refractivity contribution in [1.82, 2.24) is 15.7 Å². The molecule has 2 aromatic carbocycles. The molecule has 10 heteroatoms. The maximum atomic E-state index is 14.4. The minimum Gasteiger partial charge on any atom is -0.493 e. The lowest BCUT2D eigenvalue weighted by molar-refractivity contribution is -0.121. The highest BCUT2D eigenvalue weighted by Gasteiger charge is 2.27. The molecule has 40 heavy (non-hydrogen) atoms. The predicted octanol–water partition coefficient (Wildman–Crippen LogP) is 3.69. The molecule has 5 rings (SSSR count). The first-order valence-corrected chi connectivity index (χ1v) is 13.4. The summed E-state index contributed by atoms with van der Waals surface area (Å²) >= 11 is 0. The molecule has 0 spiro atoms. The fourth-order valence-corrected chi connectivity index (χ4v) is 5.16. The van der Waals surface area contributed by atoms with Gasteiger partial charge >= 0.3 is 0 Å². The number of rotatable bonds is 9. The quantitative estimate of drug-likeness (QED) is 0.492. The lowest BCUT2D eigenvalue weighted by Gasteiger charge is -2.27. The SMILES string of the molecule is COc1cc(/C=C2/C(C)=C(CNC(=O)CC3N=CNC3C)c3cc(F)ccc32)cc(OC)c1ON1CCOCC1. The number of amides is 1. The van der Waals surface area contributed by atoms with Gasteiger partial charge in [0.15, 0.2) is 11.5 Å². The highest BCUT2D eigenvalue weighted by molar-refractivity contribution is 6.06. The van der Waals surface area contributed by atoms with Gasteiger partial charge < -0.3 is 29.7 Å². The number of fused-ring (bicyclic) bond motifs is 1.